The third kappa shape index (κ3) is 5.09. The Morgan fingerprint density at radius 2 is 1.78 bits per heavy atom. The van der Waals surface area contributed by atoms with E-state index in [1.54, 1.807) is 0 Å². The van der Waals surface area contributed by atoms with Gasteiger partial charge in [0.2, 0.25) is 0 Å². The molecule has 0 unspecified atom stereocenters. The lowest BCUT2D eigenvalue weighted by Crippen LogP contribution is -2.49. The average Bonchev–Trinajstić information content (AvgIpc) is 2.35. The minimum atomic E-state index is 0.151. The standard InChI is InChI=1S/C16H28N2/c1-5-7-13-18(14-16(3,4)17-6-2)15-11-9-8-10-12-15/h8-12,17H,5-7,13-14H2,1-4H3. The zero-order valence-corrected chi connectivity index (χ0v) is 12.4. The predicted octanol–water partition coefficient (Wildman–Crippen LogP) is 3.68. The highest BCUT2D eigenvalue weighted by atomic mass is 15.2. The Kier molecular flexibility index (Phi) is 6.20. The number of nitrogens with zero attached hydrogens (tertiary/aromatic N) is 1. The van der Waals surface area contributed by atoms with E-state index in [1.165, 1.54) is 18.5 Å². The minimum absolute atomic E-state index is 0.151. The van der Waals surface area contributed by atoms with E-state index >= 15 is 0 Å². The second kappa shape index (κ2) is 7.42. The monoisotopic (exact) mass is 248 g/mol. The molecule has 0 aliphatic heterocycles. The number of hydrogen-bond acceptors (Lipinski definition) is 2. The Labute approximate surface area is 112 Å². The molecular weight excluding hydrogens is 220 g/mol. The maximum atomic E-state index is 3.56. The summed E-state index contributed by atoms with van der Waals surface area (Å²) in [6.45, 7) is 12.2. The molecule has 0 amide bonds. The number of anilines is 1. The quantitative estimate of drug-likeness (QED) is 0.755. The van der Waals surface area contributed by atoms with Crippen LogP contribution in [0.15, 0.2) is 30.3 Å². The number of benzene rings is 1. The first kappa shape index (κ1) is 15.0. The number of unbranched alkanes of at least 4 members (excludes halogenated alkanes) is 1. The fourth-order valence-electron chi connectivity index (χ4n) is 2.30. The van der Waals surface area contributed by atoms with Gasteiger partial charge in [-0.25, -0.2) is 0 Å². The zero-order chi connectivity index (χ0) is 13.4. The molecule has 0 aliphatic rings. The molecule has 0 aliphatic carbocycles. The summed E-state index contributed by atoms with van der Waals surface area (Å²) in [5.41, 5.74) is 1.48. The summed E-state index contributed by atoms with van der Waals surface area (Å²) >= 11 is 0. The fourth-order valence-corrected chi connectivity index (χ4v) is 2.30. The molecule has 2 nitrogen and oxygen atoms in total. The van der Waals surface area contributed by atoms with Gasteiger partial charge in [-0.05, 0) is 38.9 Å². The van der Waals surface area contributed by atoms with Crippen molar-refractivity contribution >= 4 is 5.69 Å². The Balaban J connectivity index is 2.73. The summed E-state index contributed by atoms with van der Waals surface area (Å²) in [5.74, 6) is 0. The van der Waals surface area contributed by atoms with Gasteiger partial charge < -0.3 is 10.2 Å². The van der Waals surface area contributed by atoms with E-state index in [4.69, 9.17) is 0 Å². The Bertz CT molecular complexity index is 319. The van der Waals surface area contributed by atoms with Crippen LogP contribution in [-0.4, -0.2) is 25.2 Å². The number of nitrogens with one attached hydrogen (secondary N) is 1. The summed E-state index contributed by atoms with van der Waals surface area (Å²) in [6, 6.07) is 10.7. The lowest BCUT2D eigenvalue weighted by atomic mass is 10.0. The molecule has 18 heavy (non-hydrogen) atoms. The number of para-hydroxylation sites is 1. The van der Waals surface area contributed by atoms with Crippen LogP contribution in [0.25, 0.3) is 0 Å². The second-order valence-electron chi connectivity index (χ2n) is 5.52. The topological polar surface area (TPSA) is 15.3 Å². The first-order chi connectivity index (χ1) is 8.59. The maximum Gasteiger partial charge on any atom is 0.0366 e. The number of hydrogen-bond donors (Lipinski definition) is 1. The molecule has 2 heteroatoms. The van der Waals surface area contributed by atoms with Crippen molar-refractivity contribution in [3.8, 4) is 0 Å². The summed E-state index contributed by atoms with van der Waals surface area (Å²) in [7, 11) is 0. The van der Waals surface area contributed by atoms with Crippen LogP contribution in [0, 0.1) is 0 Å². The highest BCUT2D eigenvalue weighted by Crippen LogP contribution is 2.17. The van der Waals surface area contributed by atoms with Crippen molar-refractivity contribution in [3.63, 3.8) is 0 Å². The Hall–Kier alpha value is -1.02. The average molecular weight is 248 g/mol. The highest BCUT2D eigenvalue weighted by Gasteiger charge is 2.20. The second-order valence-corrected chi connectivity index (χ2v) is 5.52. The lowest BCUT2D eigenvalue weighted by Gasteiger charge is -2.35. The van der Waals surface area contributed by atoms with Gasteiger partial charge >= 0.3 is 0 Å². The molecule has 1 N–H and O–H groups in total. The van der Waals surface area contributed by atoms with Gasteiger partial charge in [-0.15, -0.1) is 0 Å². The molecule has 0 fully saturated rings. The molecule has 0 aromatic heterocycles. The van der Waals surface area contributed by atoms with E-state index in [0.717, 1.165) is 19.6 Å². The maximum absolute atomic E-state index is 3.56. The van der Waals surface area contributed by atoms with Crippen LogP contribution in [0.5, 0.6) is 0 Å². The molecule has 1 aromatic rings. The van der Waals surface area contributed by atoms with Gasteiger partial charge in [-0.3, -0.25) is 0 Å². The van der Waals surface area contributed by atoms with Crippen molar-refractivity contribution in [1.82, 2.24) is 5.32 Å². The van der Waals surface area contributed by atoms with Crippen molar-refractivity contribution in [1.29, 1.82) is 0 Å². The van der Waals surface area contributed by atoms with Crippen LogP contribution in [0.4, 0.5) is 5.69 Å². The molecule has 102 valence electrons. The summed E-state index contributed by atoms with van der Waals surface area (Å²) in [6.07, 6.45) is 2.49. The van der Waals surface area contributed by atoms with Crippen LogP contribution in [0.1, 0.15) is 40.5 Å². The summed E-state index contributed by atoms with van der Waals surface area (Å²) < 4.78 is 0. The van der Waals surface area contributed by atoms with Crippen LogP contribution in [0.2, 0.25) is 0 Å². The van der Waals surface area contributed by atoms with Gasteiger partial charge in [0.05, 0.1) is 0 Å². The minimum Gasteiger partial charge on any atom is -0.370 e. The summed E-state index contributed by atoms with van der Waals surface area (Å²) in [4.78, 5) is 2.49. The molecule has 0 saturated heterocycles. The van der Waals surface area contributed by atoms with E-state index in [1.807, 2.05) is 0 Å². The van der Waals surface area contributed by atoms with Gasteiger partial charge in [-0.1, -0.05) is 38.5 Å². The lowest BCUT2D eigenvalue weighted by molar-refractivity contribution is 0.395. The molecule has 1 rings (SSSR count). The Morgan fingerprint density at radius 1 is 1.11 bits per heavy atom. The molecule has 0 heterocycles. The number of likely N-dealkylation sites (N-methyl/N-ethyl adjacent to an activating group) is 1. The highest BCUT2D eigenvalue weighted by molar-refractivity contribution is 5.46. The van der Waals surface area contributed by atoms with Crippen LogP contribution >= 0.6 is 0 Å². The van der Waals surface area contributed by atoms with Gasteiger partial charge in [0.1, 0.15) is 0 Å². The number of rotatable bonds is 8. The first-order valence-electron chi connectivity index (χ1n) is 7.14. The van der Waals surface area contributed by atoms with E-state index in [-0.39, 0.29) is 5.54 Å². The zero-order valence-electron chi connectivity index (χ0n) is 12.4. The van der Waals surface area contributed by atoms with Crippen LogP contribution < -0.4 is 10.2 Å². The summed E-state index contributed by atoms with van der Waals surface area (Å²) in [5, 5.41) is 3.56. The molecule has 0 atom stereocenters. The first-order valence-corrected chi connectivity index (χ1v) is 7.14. The van der Waals surface area contributed by atoms with Crippen molar-refractivity contribution in [2.24, 2.45) is 0 Å². The predicted molar refractivity (Wildman–Crippen MR) is 81.3 cm³/mol. The SMILES string of the molecule is CCCCN(CC(C)(C)NCC)c1ccccc1. The largest absolute Gasteiger partial charge is 0.370 e. The molecule has 0 spiro atoms. The molecule has 1 aromatic carbocycles. The van der Waals surface area contributed by atoms with Gasteiger partial charge in [0.15, 0.2) is 0 Å². The van der Waals surface area contributed by atoms with Gasteiger partial charge in [-0.2, -0.15) is 0 Å². The fraction of sp³-hybridized carbons (Fsp3) is 0.625. The van der Waals surface area contributed by atoms with Gasteiger partial charge in [0.25, 0.3) is 0 Å². The van der Waals surface area contributed by atoms with Gasteiger partial charge in [0, 0.05) is 24.3 Å². The van der Waals surface area contributed by atoms with E-state index in [2.05, 4.69) is 68.2 Å². The molecule has 0 radical (unpaired) electrons. The van der Waals surface area contributed by atoms with Crippen molar-refractivity contribution in [2.75, 3.05) is 24.5 Å². The molecule has 0 saturated carbocycles. The molecule has 0 bridgehead atoms. The van der Waals surface area contributed by atoms with E-state index < -0.39 is 0 Å². The van der Waals surface area contributed by atoms with Crippen molar-refractivity contribution in [3.05, 3.63) is 30.3 Å². The molecular formula is C16H28N2. The third-order valence-electron chi connectivity index (χ3n) is 3.14. The van der Waals surface area contributed by atoms with E-state index in [9.17, 15) is 0 Å². The Morgan fingerprint density at radius 3 is 2.33 bits per heavy atom. The van der Waals surface area contributed by atoms with Crippen LogP contribution in [-0.2, 0) is 0 Å². The van der Waals surface area contributed by atoms with Crippen molar-refractivity contribution in [2.45, 2.75) is 46.1 Å². The normalized spacial score (nSPS) is 11.6. The van der Waals surface area contributed by atoms with Crippen molar-refractivity contribution < 1.29 is 0 Å². The smallest absolute Gasteiger partial charge is 0.0366 e. The van der Waals surface area contributed by atoms with E-state index in [0.29, 0.717) is 0 Å². The third-order valence-corrected chi connectivity index (χ3v) is 3.14. The van der Waals surface area contributed by atoms with Crippen LogP contribution in [0.3, 0.4) is 0 Å².